The summed E-state index contributed by atoms with van der Waals surface area (Å²) in [4.78, 5) is 26.5. The fraction of sp³-hybridized carbons (Fsp3) is 0. The Balaban J connectivity index is 1.98. The zero-order valence-electron chi connectivity index (χ0n) is 11.6. The van der Waals surface area contributed by atoms with Gasteiger partial charge < -0.3 is 0 Å². The van der Waals surface area contributed by atoms with Gasteiger partial charge in [0.2, 0.25) is 0 Å². The van der Waals surface area contributed by atoms with Crippen molar-refractivity contribution in [2.75, 3.05) is 0 Å². The second kappa shape index (κ2) is 4.73. The lowest BCUT2D eigenvalue weighted by atomic mass is 10.1. The van der Waals surface area contributed by atoms with Crippen LogP contribution in [0.2, 0.25) is 0 Å². The first-order valence-electron chi connectivity index (χ1n) is 6.76. The van der Waals surface area contributed by atoms with Crippen LogP contribution >= 0.6 is 0 Å². The molecule has 1 N–H and O–H groups in total. The van der Waals surface area contributed by atoms with E-state index >= 15 is 0 Å². The fourth-order valence-electron chi connectivity index (χ4n) is 2.51. The molecule has 2 aromatic carbocycles. The van der Waals surface area contributed by atoms with Gasteiger partial charge in [0.1, 0.15) is 5.69 Å². The molecule has 2 aromatic heterocycles. The Kier molecular flexibility index (Phi) is 2.70. The number of fused-ring (bicyclic) bond motifs is 3. The minimum absolute atomic E-state index is 0.0100. The topological polar surface area (TPSA) is 106 Å². The maximum atomic E-state index is 12.2. The van der Waals surface area contributed by atoms with Gasteiger partial charge in [-0.1, -0.05) is 12.1 Å². The predicted octanol–water partition coefficient (Wildman–Crippen LogP) is 2.15. The van der Waals surface area contributed by atoms with E-state index in [0.717, 1.165) is 0 Å². The van der Waals surface area contributed by atoms with Gasteiger partial charge in [0, 0.05) is 17.7 Å². The van der Waals surface area contributed by atoms with Gasteiger partial charge in [0.25, 0.3) is 11.2 Å². The number of benzene rings is 2. The predicted molar refractivity (Wildman–Crippen MR) is 83.2 cm³/mol. The van der Waals surface area contributed by atoms with Gasteiger partial charge in [0.15, 0.2) is 5.65 Å². The van der Waals surface area contributed by atoms with Crippen LogP contribution in [-0.4, -0.2) is 24.7 Å². The number of H-pyrrole nitrogens is 1. The first kappa shape index (κ1) is 13.1. The van der Waals surface area contributed by atoms with E-state index in [-0.39, 0.29) is 11.2 Å². The SMILES string of the molecule is O=c1nc2c(-c3ccc([N+](=O)[O-])cc3)n[nH]n2c2ccccc12. The average Bonchev–Trinajstić information content (AvgIpc) is 2.99. The zero-order chi connectivity index (χ0) is 16.0. The van der Waals surface area contributed by atoms with Gasteiger partial charge in [-0.15, -0.1) is 0 Å². The van der Waals surface area contributed by atoms with E-state index in [1.165, 1.54) is 12.1 Å². The van der Waals surface area contributed by atoms with Crippen molar-refractivity contribution >= 4 is 22.2 Å². The smallest absolute Gasteiger partial charge is 0.267 e. The van der Waals surface area contributed by atoms with Crippen LogP contribution in [0, 0.1) is 10.1 Å². The van der Waals surface area contributed by atoms with Crippen LogP contribution in [-0.2, 0) is 0 Å². The molecule has 0 atom stereocenters. The number of hydrogen-bond donors (Lipinski definition) is 1. The van der Waals surface area contributed by atoms with Gasteiger partial charge in [-0.25, -0.2) is 9.73 Å². The van der Waals surface area contributed by atoms with Crippen molar-refractivity contribution in [3.8, 4) is 11.3 Å². The highest BCUT2D eigenvalue weighted by atomic mass is 16.6. The Morgan fingerprint density at radius 1 is 1.09 bits per heavy atom. The number of aromatic amines is 1. The van der Waals surface area contributed by atoms with Gasteiger partial charge in [-0.2, -0.15) is 10.1 Å². The Morgan fingerprint density at radius 3 is 2.57 bits per heavy atom. The highest BCUT2D eigenvalue weighted by molar-refractivity contribution is 5.83. The number of nitrogens with one attached hydrogen (secondary N) is 1. The number of aromatic nitrogens is 4. The van der Waals surface area contributed by atoms with Gasteiger partial charge >= 0.3 is 0 Å². The maximum absolute atomic E-state index is 12.2. The number of hydrogen-bond acceptors (Lipinski definition) is 5. The first-order valence-corrected chi connectivity index (χ1v) is 6.76. The summed E-state index contributed by atoms with van der Waals surface area (Å²) in [5.74, 6) is 0. The molecule has 0 aliphatic carbocycles. The molecular weight excluding hydrogens is 298 g/mol. The molecule has 112 valence electrons. The van der Waals surface area contributed by atoms with E-state index in [4.69, 9.17) is 0 Å². The number of non-ortho nitro benzene ring substituents is 1. The van der Waals surface area contributed by atoms with E-state index in [0.29, 0.717) is 27.8 Å². The van der Waals surface area contributed by atoms with Crippen molar-refractivity contribution in [2.24, 2.45) is 0 Å². The number of para-hydroxylation sites is 1. The van der Waals surface area contributed by atoms with Gasteiger partial charge in [-0.05, 0) is 24.3 Å². The summed E-state index contributed by atoms with van der Waals surface area (Å²) in [6.07, 6.45) is 0. The third-order valence-corrected chi connectivity index (χ3v) is 3.62. The Labute approximate surface area is 128 Å². The molecule has 8 nitrogen and oxygen atoms in total. The summed E-state index contributed by atoms with van der Waals surface area (Å²) < 4.78 is 1.62. The largest absolute Gasteiger partial charge is 0.281 e. The summed E-state index contributed by atoms with van der Waals surface area (Å²) in [5.41, 5.74) is 1.79. The molecule has 0 unspecified atom stereocenters. The Morgan fingerprint density at radius 2 is 1.83 bits per heavy atom. The highest BCUT2D eigenvalue weighted by Gasteiger charge is 2.14. The molecule has 0 spiro atoms. The molecule has 0 aliphatic heterocycles. The number of nitrogens with zero attached hydrogens (tertiary/aromatic N) is 4. The first-order chi connectivity index (χ1) is 11.1. The normalized spacial score (nSPS) is 11.1. The van der Waals surface area contributed by atoms with Crippen LogP contribution in [0.15, 0.2) is 53.3 Å². The van der Waals surface area contributed by atoms with E-state index in [9.17, 15) is 14.9 Å². The van der Waals surface area contributed by atoms with Crippen molar-refractivity contribution in [1.82, 2.24) is 19.8 Å². The lowest BCUT2D eigenvalue weighted by Crippen LogP contribution is -2.10. The van der Waals surface area contributed by atoms with Crippen LogP contribution in [0.1, 0.15) is 0 Å². The van der Waals surface area contributed by atoms with Crippen LogP contribution in [0.4, 0.5) is 5.69 Å². The van der Waals surface area contributed by atoms with Crippen LogP contribution < -0.4 is 5.56 Å². The second-order valence-corrected chi connectivity index (χ2v) is 4.96. The van der Waals surface area contributed by atoms with E-state index in [1.54, 1.807) is 34.8 Å². The Hall–Kier alpha value is -3.55. The molecule has 0 saturated carbocycles. The van der Waals surface area contributed by atoms with Gasteiger partial charge in [-0.3, -0.25) is 14.9 Å². The minimum atomic E-state index is -0.470. The molecule has 4 aromatic rings. The molecule has 0 saturated heterocycles. The van der Waals surface area contributed by atoms with Crippen molar-refractivity contribution in [3.63, 3.8) is 0 Å². The monoisotopic (exact) mass is 307 g/mol. The quantitative estimate of drug-likeness (QED) is 0.451. The third-order valence-electron chi connectivity index (χ3n) is 3.62. The molecule has 0 bridgehead atoms. The maximum Gasteiger partial charge on any atom is 0.281 e. The van der Waals surface area contributed by atoms with Crippen molar-refractivity contribution < 1.29 is 4.92 Å². The van der Waals surface area contributed by atoms with Crippen LogP contribution in [0.5, 0.6) is 0 Å². The van der Waals surface area contributed by atoms with Gasteiger partial charge in [0.05, 0.1) is 15.8 Å². The molecule has 8 heteroatoms. The molecule has 0 amide bonds. The summed E-state index contributed by atoms with van der Waals surface area (Å²) in [6.45, 7) is 0. The summed E-state index contributed by atoms with van der Waals surface area (Å²) in [5, 5.41) is 18.2. The second-order valence-electron chi connectivity index (χ2n) is 4.96. The van der Waals surface area contributed by atoms with Crippen LogP contribution in [0.3, 0.4) is 0 Å². The fourth-order valence-corrected chi connectivity index (χ4v) is 2.51. The van der Waals surface area contributed by atoms with E-state index in [1.807, 2.05) is 6.07 Å². The van der Waals surface area contributed by atoms with E-state index in [2.05, 4.69) is 15.3 Å². The Bertz CT molecular complexity index is 1110. The average molecular weight is 307 g/mol. The molecule has 0 aliphatic rings. The molecule has 0 fully saturated rings. The highest BCUT2D eigenvalue weighted by Crippen LogP contribution is 2.24. The zero-order valence-corrected chi connectivity index (χ0v) is 11.6. The lowest BCUT2D eigenvalue weighted by Gasteiger charge is -2.00. The summed E-state index contributed by atoms with van der Waals surface area (Å²) in [6, 6.07) is 13.0. The lowest BCUT2D eigenvalue weighted by molar-refractivity contribution is -0.384. The van der Waals surface area contributed by atoms with Crippen molar-refractivity contribution in [3.05, 3.63) is 69.0 Å². The van der Waals surface area contributed by atoms with Crippen molar-refractivity contribution in [2.45, 2.75) is 0 Å². The third kappa shape index (κ3) is 1.96. The molecule has 2 heterocycles. The molecule has 0 radical (unpaired) electrons. The van der Waals surface area contributed by atoms with E-state index < -0.39 is 4.92 Å². The molecule has 23 heavy (non-hydrogen) atoms. The molecular formula is C15H9N5O3. The number of nitro groups is 1. The molecule has 4 rings (SSSR count). The van der Waals surface area contributed by atoms with Crippen molar-refractivity contribution in [1.29, 1.82) is 0 Å². The summed E-state index contributed by atoms with van der Waals surface area (Å²) >= 11 is 0. The number of nitro benzene ring substituents is 1. The standard InChI is InChI=1S/C15H9N5O3/c21-15-11-3-1-2-4-12(11)19-14(16-15)13(17-18-19)9-5-7-10(8-6-9)20(22)23/h1-8,18H. The number of rotatable bonds is 2. The van der Waals surface area contributed by atoms with Crippen LogP contribution in [0.25, 0.3) is 27.8 Å². The minimum Gasteiger partial charge on any atom is -0.267 e. The summed E-state index contributed by atoms with van der Waals surface area (Å²) in [7, 11) is 0.